The van der Waals surface area contributed by atoms with E-state index in [1.54, 1.807) is 19.2 Å². The number of ether oxygens (including phenoxy) is 1. The quantitative estimate of drug-likeness (QED) is 0.414. The molecule has 2 N–H and O–H groups in total. The predicted octanol–water partition coefficient (Wildman–Crippen LogP) is 2.72. The molecule has 34 heavy (non-hydrogen) atoms. The number of rotatable bonds is 7. The van der Waals surface area contributed by atoms with Crippen molar-refractivity contribution in [3.05, 3.63) is 107 Å². The van der Waals surface area contributed by atoms with E-state index in [0.717, 1.165) is 11.6 Å². The topological polar surface area (TPSA) is 105 Å². The van der Waals surface area contributed by atoms with E-state index < -0.39 is 36.1 Å². The van der Waals surface area contributed by atoms with E-state index in [1.165, 1.54) is 35.2 Å². The Balaban J connectivity index is 1.57. The van der Waals surface area contributed by atoms with Crippen LogP contribution in [-0.4, -0.2) is 42.2 Å². The van der Waals surface area contributed by atoms with Gasteiger partial charge >= 0.3 is 5.97 Å². The summed E-state index contributed by atoms with van der Waals surface area (Å²) in [6, 6.07) is 20.7. The fraction of sp³-hybridized carbons (Fsp3) is 0.120. The Bertz CT molecular complexity index is 1200. The summed E-state index contributed by atoms with van der Waals surface area (Å²) < 4.78 is 18.6. The molecule has 9 heteroatoms. The molecule has 0 unspecified atom stereocenters. The van der Waals surface area contributed by atoms with Gasteiger partial charge in [0.15, 0.2) is 6.61 Å². The Morgan fingerprint density at radius 2 is 1.38 bits per heavy atom. The third-order valence-electron chi connectivity index (χ3n) is 4.75. The molecular formula is C25H22FN3O5. The molecule has 0 aromatic heterocycles. The van der Waals surface area contributed by atoms with Crippen molar-refractivity contribution < 1.29 is 28.3 Å². The van der Waals surface area contributed by atoms with Crippen LogP contribution in [0.4, 0.5) is 4.39 Å². The zero-order valence-electron chi connectivity index (χ0n) is 18.3. The summed E-state index contributed by atoms with van der Waals surface area (Å²) in [6.45, 7) is -0.383. The highest BCUT2D eigenvalue weighted by Crippen LogP contribution is 2.14. The Morgan fingerprint density at radius 3 is 2.06 bits per heavy atom. The van der Waals surface area contributed by atoms with Crippen molar-refractivity contribution in [1.82, 2.24) is 15.8 Å². The number of esters is 1. The van der Waals surface area contributed by atoms with Crippen LogP contribution in [0.15, 0.2) is 78.9 Å². The van der Waals surface area contributed by atoms with Crippen molar-refractivity contribution in [1.29, 1.82) is 0 Å². The van der Waals surface area contributed by atoms with E-state index >= 15 is 0 Å². The molecule has 0 saturated carbocycles. The largest absolute Gasteiger partial charge is 0.452 e. The average Bonchev–Trinajstić information content (AvgIpc) is 2.86. The summed E-state index contributed by atoms with van der Waals surface area (Å²) in [7, 11) is 1.61. The molecule has 8 nitrogen and oxygen atoms in total. The first kappa shape index (κ1) is 24.1. The van der Waals surface area contributed by atoms with Gasteiger partial charge in [0.25, 0.3) is 17.7 Å². The second-order valence-electron chi connectivity index (χ2n) is 7.25. The third kappa shape index (κ3) is 6.26. The molecule has 3 amide bonds. The molecule has 3 aromatic rings. The van der Waals surface area contributed by atoms with E-state index in [-0.39, 0.29) is 16.7 Å². The highest BCUT2D eigenvalue weighted by Gasteiger charge is 2.21. The van der Waals surface area contributed by atoms with Gasteiger partial charge in [-0.25, -0.2) is 9.18 Å². The van der Waals surface area contributed by atoms with Crippen LogP contribution >= 0.6 is 0 Å². The Hall–Kier alpha value is -4.53. The average molecular weight is 463 g/mol. The number of amides is 3. The first-order valence-corrected chi connectivity index (χ1v) is 10.3. The molecular weight excluding hydrogens is 441 g/mol. The lowest BCUT2D eigenvalue weighted by Crippen LogP contribution is -2.43. The number of nitrogens with zero attached hydrogens (tertiary/aromatic N) is 1. The Labute approximate surface area is 195 Å². The van der Waals surface area contributed by atoms with Gasteiger partial charge in [-0.05, 0) is 29.8 Å². The lowest BCUT2D eigenvalue weighted by Gasteiger charge is -2.19. The molecule has 3 rings (SSSR count). The summed E-state index contributed by atoms with van der Waals surface area (Å²) >= 11 is 0. The lowest BCUT2D eigenvalue weighted by molar-refractivity contribution is -0.125. The number of halogens is 1. The maximum atomic E-state index is 13.6. The van der Waals surface area contributed by atoms with Gasteiger partial charge in [0.2, 0.25) is 0 Å². The minimum atomic E-state index is -0.882. The number of carbonyl (C=O) groups excluding carboxylic acids is 4. The summed E-state index contributed by atoms with van der Waals surface area (Å²) in [5, 5.41) is 0. The molecule has 0 atom stereocenters. The van der Waals surface area contributed by atoms with Crippen molar-refractivity contribution in [3.63, 3.8) is 0 Å². The SMILES string of the molecule is CN(Cc1ccccc1)C(=O)c1ccccc1C(=O)OCC(=O)NNC(=O)c1ccccc1F. The summed E-state index contributed by atoms with van der Waals surface area (Å²) in [4.78, 5) is 50.8. The minimum Gasteiger partial charge on any atom is -0.452 e. The van der Waals surface area contributed by atoms with E-state index in [0.29, 0.717) is 6.54 Å². The van der Waals surface area contributed by atoms with Crippen LogP contribution in [0.2, 0.25) is 0 Å². The van der Waals surface area contributed by atoms with E-state index in [9.17, 15) is 23.6 Å². The van der Waals surface area contributed by atoms with E-state index in [4.69, 9.17) is 4.74 Å². The summed E-state index contributed by atoms with van der Waals surface area (Å²) in [5.74, 6) is -3.73. The number of hydrogen-bond acceptors (Lipinski definition) is 5. The van der Waals surface area contributed by atoms with Gasteiger partial charge in [-0.3, -0.25) is 25.2 Å². The summed E-state index contributed by atoms with van der Waals surface area (Å²) in [6.07, 6.45) is 0. The van der Waals surface area contributed by atoms with Crippen molar-refractivity contribution in [2.45, 2.75) is 6.54 Å². The zero-order chi connectivity index (χ0) is 24.5. The highest BCUT2D eigenvalue weighted by atomic mass is 19.1. The smallest absolute Gasteiger partial charge is 0.339 e. The number of carbonyl (C=O) groups is 4. The van der Waals surface area contributed by atoms with Gasteiger partial charge < -0.3 is 9.64 Å². The highest BCUT2D eigenvalue weighted by molar-refractivity contribution is 6.05. The van der Waals surface area contributed by atoms with Crippen molar-refractivity contribution in [2.24, 2.45) is 0 Å². The van der Waals surface area contributed by atoms with Gasteiger partial charge in [-0.15, -0.1) is 0 Å². The lowest BCUT2D eigenvalue weighted by atomic mass is 10.1. The van der Waals surface area contributed by atoms with Crippen molar-refractivity contribution >= 4 is 23.7 Å². The maximum Gasteiger partial charge on any atom is 0.339 e. The second-order valence-corrected chi connectivity index (χ2v) is 7.25. The van der Waals surface area contributed by atoms with Gasteiger partial charge in [-0.2, -0.15) is 0 Å². The monoisotopic (exact) mass is 463 g/mol. The van der Waals surface area contributed by atoms with Crippen molar-refractivity contribution in [3.8, 4) is 0 Å². The molecule has 3 aromatic carbocycles. The maximum absolute atomic E-state index is 13.6. The van der Waals surface area contributed by atoms with Gasteiger partial charge in [0.05, 0.1) is 16.7 Å². The van der Waals surface area contributed by atoms with Crippen LogP contribution < -0.4 is 10.9 Å². The van der Waals surface area contributed by atoms with Gasteiger partial charge in [0.1, 0.15) is 5.82 Å². The molecule has 0 aliphatic carbocycles. The first-order valence-electron chi connectivity index (χ1n) is 10.3. The Morgan fingerprint density at radius 1 is 0.794 bits per heavy atom. The normalized spacial score (nSPS) is 10.2. The molecule has 0 heterocycles. The first-order chi connectivity index (χ1) is 16.4. The standard InChI is InChI=1S/C25H22FN3O5/c1-29(15-17-9-3-2-4-10-17)24(32)18-11-5-6-12-19(18)25(33)34-16-22(30)27-28-23(31)20-13-7-8-14-21(20)26/h2-14H,15-16H2,1H3,(H,27,30)(H,28,31). The van der Waals surface area contributed by atoms with Crippen LogP contribution in [0.1, 0.15) is 36.6 Å². The molecule has 0 radical (unpaired) electrons. The van der Waals surface area contributed by atoms with E-state index in [2.05, 4.69) is 0 Å². The molecule has 0 spiro atoms. The number of hydrazine groups is 1. The Kier molecular flexibility index (Phi) is 8.07. The molecule has 0 aliphatic rings. The number of benzene rings is 3. The molecule has 0 saturated heterocycles. The third-order valence-corrected chi connectivity index (χ3v) is 4.75. The number of nitrogens with one attached hydrogen (secondary N) is 2. The summed E-state index contributed by atoms with van der Waals surface area (Å²) in [5.41, 5.74) is 4.87. The molecule has 0 bridgehead atoms. The minimum absolute atomic E-state index is 0.00407. The van der Waals surface area contributed by atoms with Crippen LogP contribution in [0.25, 0.3) is 0 Å². The molecule has 174 valence electrons. The predicted molar refractivity (Wildman–Crippen MR) is 121 cm³/mol. The van der Waals surface area contributed by atoms with E-state index in [1.807, 2.05) is 41.2 Å². The van der Waals surface area contributed by atoms with Crippen LogP contribution in [0.3, 0.4) is 0 Å². The van der Waals surface area contributed by atoms with Gasteiger partial charge in [0, 0.05) is 13.6 Å². The van der Waals surface area contributed by atoms with Crippen LogP contribution in [-0.2, 0) is 16.1 Å². The zero-order valence-corrected chi connectivity index (χ0v) is 18.3. The molecule has 0 aliphatic heterocycles. The fourth-order valence-corrected chi connectivity index (χ4v) is 3.07. The second kappa shape index (κ2) is 11.4. The number of hydrogen-bond donors (Lipinski definition) is 2. The van der Waals surface area contributed by atoms with Crippen LogP contribution in [0, 0.1) is 5.82 Å². The molecule has 0 fully saturated rings. The van der Waals surface area contributed by atoms with Gasteiger partial charge in [-0.1, -0.05) is 54.6 Å². The van der Waals surface area contributed by atoms with Crippen LogP contribution in [0.5, 0.6) is 0 Å². The van der Waals surface area contributed by atoms with Crippen molar-refractivity contribution in [2.75, 3.05) is 13.7 Å². The fourth-order valence-electron chi connectivity index (χ4n) is 3.07.